The molecule has 170 valence electrons. The summed E-state index contributed by atoms with van der Waals surface area (Å²) in [4.78, 5) is 30.8. The molecule has 0 aliphatic carbocycles. The van der Waals surface area contributed by atoms with Crippen LogP contribution in [-0.4, -0.2) is 44.4 Å². The van der Waals surface area contributed by atoms with Crippen LogP contribution in [0.4, 0.5) is 5.95 Å². The van der Waals surface area contributed by atoms with Crippen LogP contribution in [0.5, 0.6) is 0 Å². The van der Waals surface area contributed by atoms with Crippen LogP contribution in [0.2, 0.25) is 0 Å². The number of hydrogen-bond donors (Lipinski definition) is 2. The Morgan fingerprint density at radius 2 is 1.58 bits per heavy atom. The minimum Gasteiger partial charge on any atom is -0.480 e. The number of rotatable bonds is 14. The van der Waals surface area contributed by atoms with E-state index in [0.717, 1.165) is 31.4 Å². The van der Waals surface area contributed by atoms with Crippen LogP contribution in [0.1, 0.15) is 70.7 Å². The minimum absolute atomic E-state index is 0.131. The van der Waals surface area contributed by atoms with E-state index in [1.165, 1.54) is 36.0 Å². The van der Waals surface area contributed by atoms with Gasteiger partial charge in [0.1, 0.15) is 6.04 Å². The van der Waals surface area contributed by atoms with Crippen molar-refractivity contribution < 1.29 is 14.7 Å². The average Bonchev–Trinajstić information content (AvgIpc) is 2.70. The van der Waals surface area contributed by atoms with Gasteiger partial charge in [0, 0.05) is 23.9 Å². The summed E-state index contributed by atoms with van der Waals surface area (Å²) in [6, 6.07) is -0.798. The molecule has 2 N–H and O–H groups in total. The molecule has 0 saturated carbocycles. The van der Waals surface area contributed by atoms with E-state index in [0.29, 0.717) is 11.3 Å². The molecule has 7 heteroatoms. The van der Waals surface area contributed by atoms with Crippen LogP contribution in [0.15, 0.2) is 47.3 Å². The van der Waals surface area contributed by atoms with Gasteiger partial charge in [-0.25, -0.2) is 14.8 Å². The third-order valence-electron chi connectivity index (χ3n) is 4.62. The van der Waals surface area contributed by atoms with Gasteiger partial charge in [-0.3, -0.25) is 4.79 Å². The number of aromatic nitrogens is 2. The maximum atomic E-state index is 11.5. The number of anilines is 1. The Balaban J connectivity index is 2.39. The van der Waals surface area contributed by atoms with Gasteiger partial charge in [-0.1, -0.05) is 34.9 Å². The molecule has 6 nitrogen and oxygen atoms in total. The van der Waals surface area contributed by atoms with Crippen molar-refractivity contribution in [3.63, 3.8) is 0 Å². The van der Waals surface area contributed by atoms with Crippen LogP contribution in [0.3, 0.4) is 0 Å². The highest BCUT2D eigenvalue weighted by Crippen LogP contribution is 2.14. The molecule has 0 bridgehead atoms. The number of hydrogen-bond acceptors (Lipinski definition) is 6. The lowest BCUT2D eigenvalue weighted by Crippen LogP contribution is -2.32. The number of nitrogens with zero attached hydrogens (tertiary/aromatic N) is 2. The van der Waals surface area contributed by atoms with Gasteiger partial charge in [-0.15, -0.1) is 0 Å². The SMILES string of the molecule is CC(=O)c1cnc(NC(CSC/C=C(\C)CC/C=C(\C)CCC=C(C)C)C(=O)O)nc1. The predicted octanol–water partition coefficient (Wildman–Crippen LogP) is 5.70. The number of carbonyl (C=O) groups is 2. The second-order valence-corrected chi connectivity index (χ2v) is 8.96. The van der Waals surface area contributed by atoms with Gasteiger partial charge in [0.2, 0.25) is 5.95 Å². The zero-order valence-corrected chi connectivity index (χ0v) is 20.1. The van der Waals surface area contributed by atoms with Crippen molar-refractivity contribution in [2.45, 2.75) is 66.3 Å². The molecule has 1 aromatic rings. The zero-order valence-electron chi connectivity index (χ0n) is 19.3. The molecule has 0 aliphatic rings. The molecule has 0 saturated heterocycles. The van der Waals surface area contributed by atoms with Crippen molar-refractivity contribution in [3.8, 4) is 0 Å². The minimum atomic E-state index is -0.957. The number of carboxylic acids is 1. The second kappa shape index (κ2) is 14.6. The number of nitrogens with one attached hydrogen (secondary N) is 1. The van der Waals surface area contributed by atoms with Gasteiger partial charge < -0.3 is 10.4 Å². The Morgan fingerprint density at radius 3 is 2.13 bits per heavy atom. The summed E-state index contributed by atoms with van der Waals surface area (Å²) in [5.74, 6) is 0.261. The third-order valence-corrected chi connectivity index (χ3v) is 5.59. The smallest absolute Gasteiger partial charge is 0.327 e. The first-order valence-corrected chi connectivity index (χ1v) is 11.7. The van der Waals surface area contributed by atoms with Crippen molar-refractivity contribution in [2.24, 2.45) is 0 Å². The molecule has 1 unspecified atom stereocenters. The van der Waals surface area contributed by atoms with Gasteiger partial charge in [-0.05, 0) is 60.3 Å². The molecule has 0 aliphatic heterocycles. The quantitative estimate of drug-likeness (QED) is 0.216. The Hall–Kier alpha value is -2.41. The Morgan fingerprint density at radius 1 is 1.00 bits per heavy atom. The summed E-state index contributed by atoms with van der Waals surface area (Å²) in [6.07, 6.45) is 13.8. The van der Waals surface area contributed by atoms with Gasteiger partial charge >= 0.3 is 5.97 Å². The number of Topliss-reactive ketones (excluding diaryl/α,β-unsaturated/α-hetero) is 1. The molecule has 1 heterocycles. The molecular formula is C24H35N3O3S. The summed E-state index contributed by atoms with van der Waals surface area (Å²) in [5.41, 5.74) is 4.49. The van der Waals surface area contributed by atoms with Crippen LogP contribution in [-0.2, 0) is 4.79 Å². The fraction of sp³-hybridized carbons (Fsp3) is 0.500. The summed E-state index contributed by atoms with van der Waals surface area (Å²) in [6.45, 7) is 9.98. The van der Waals surface area contributed by atoms with Crippen molar-refractivity contribution in [3.05, 3.63) is 52.9 Å². The summed E-state index contributed by atoms with van der Waals surface area (Å²) >= 11 is 1.55. The third kappa shape index (κ3) is 12.1. The van der Waals surface area contributed by atoms with E-state index >= 15 is 0 Å². The summed E-state index contributed by atoms with van der Waals surface area (Å²) in [5, 5.41) is 12.3. The summed E-state index contributed by atoms with van der Waals surface area (Å²) in [7, 11) is 0. The van der Waals surface area contributed by atoms with E-state index in [-0.39, 0.29) is 11.7 Å². The number of carbonyl (C=O) groups excluding carboxylic acids is 1. The average molecular weight is 446 g/mol. The standard InChI is InChI=1S/C24H35N3O3S/c1-17(2)8-6-9-18(3)10-7-11-19(4)12-13-31-16-22(23(29)30)27-24-25-14-21(15-26-24)20(5)28/h8,10,12,14-15,22H,6-7,9,11,13,16H2,1-5H3,(H,29,30)(H,25,26,27)/b18-10+,19-12+. The zero-order chi connectivity index (χ0) is 23.2. The number of thioether (sulfide) groups is 1. The first-order chi connectivity index (χ1) is 14.7. The Bertz CT molecular complexity index is 810. The molecule has 0 amide bonds. The lowest BCUT2D eigenvalue weighted by molar-refractivity contribution is -0.137. The van der Waals surface area contributed by atoms with E-state index < -0.39 is 12.0 Å². The lowest BCUT2D eigenvalue weighted by atomic mass is 10.1. The maximum absolute atomic E-state index is 11.5. The maximum Gasteiger partial charge on any atom is 0.327 e. The van der Waals surface area contributed by atoms with Crippen molar-refractivity contribution in [2.75, 3.05) is 16.8 Å². The van der Waals surface area contributed by atoms with Gasteiger partial charge in [-0.2, -0.15) is 11.8 Å². The Labute approximate surface area is 190 Å². The highest BCUT2D eigenvalue weighted by Gasteiger charge is 2.18. The fourth-order valence-corrected chi connectivity index (χ4v) is 3.64. The van der Waals surface area contributed by atoms with Crippen LogP contribution >= 0.6 is 11.8 Å². The van der Waals surface area contributed by atoms with Crippen molar-refractivity contribution in [1.29, 1.82) is 0 Å². The second-order valence-electron chi connectivity index (χ2n) is 7.88. The van der Waals surface area contributed by atoms with Crippen molar-refractivity contribution >= 4 is 29.5 Å². The van der Waals surface area contributed by atoms with Crippen LogP contribution in [0, 0.1) is 0 Å². The molecule has 31 heavy (non-hydrogen) atoms. The number of aliphatic carboxylic acids is 1. The first-order valence-electron chi connectivity index (χ1n) is 10.5. The largest absolute Gasteiger partial charge is 0.480 e. The van der Waals surface area contributed by atoms with E-state index in [9.17, 15) is 14.7 Å². The first kappa shape index (κ1) is 26.6. The normalized spacial score (nSPS) is 12.9. The van der Waals surface area contributed by atoms with Gasteiger partial charge in [0.05, 0.1) is 5.56 Å². The molecule has 0 radical (unpaired) electrons. The van der Waals surface area contributed by atoms with Crippen molar-refractivity contribution in [1.82, 2.24) is 9.97 Å². The van der Waals surface area contributed by atoms with E-state index in [2.05, 4.69) is 61.2 Å². The highest BCUT2D eigenvalue weighted by molar-refractivity contribution is 7.99. The molecule has 1 aromatic heterocycles. The van der Waals surface area contributed by atoms with E-state index in [1.54, 1.807) is 11.8 Å². The number of carboxylic acid groups (broad SMARTS) is 1. The molecular weight excluding hydrogens is 410 g/mol. The lowest BCUT2D eigenvalue weighted by Gasteiger charge is -2.13. The molecule has 1 rings (SSSR count). The van der Waals surface area contributed by atoms with Crippen LogP contribution in [0.25, 0.3) is 0 Å². The molecule has 1 atom stereocenters. The van der Waals surface area contributed by atoms with Crippen LogP contribution < -0.4 is 5.32 Å². The van der Waals surface area contributed by atoms with Gasteiger partial charge in [0.25, 0.3) is 0 Å². The van der Waals surface area contributed by atoms with E-state index in [1.807, 2.05) is 0 Å². The topological polar surface area (TPSA) is 92.2 Å². The Kier molecular flexibility index (Phi) is 12.5. The molecule has 0 fully saturated rings. The van der Waals surface area contributed by atoms with Gasteiger partial charge in [0.15, 0.2) is 5.78 Å². The van der Waals surface area contributed by atoms with E-state index in [4.69, 9.17) is 0 Å². The molecule has 0 spiro atoms. The molecule has 0 aromatic carbocycles. The highest BCUT2D eigenvalue weighted by atomic mass is 32.2. The number of ketones is 1. The fourth-order valence-electron chi connectivity index (χ4n) is 2.64. The monoisotopic (exact) mass is 445 g/mol. The predicted molar refractivity (Wildman–Crippen MR) is 130 cm³/mol. The summed E-state index contributed by atoms with van der Waals surface area (Å²) < 4.78 is 0. The number of allylic oxidation sites excluding steroid dienone is 5.